The molecule has 21 heavy (non-hydrogen) atoms. The van der Waals surface area contributed by atoms with Gasteiger partial charge in [-0.25, -0.2) is 8.42 Å². The Morgan fingerprint density at radius 1 is 1.24 bits per heavy atom. The molecule has 2 rings (SSSR count). The lowest BCUT2D eigenvalue weighted by Gasteiger charge is -2.11. The summed E-state index contributed by atoms with van der Waals surface area (Å²) in [6, 6.07) is 9.79. The van der Waals surface area contributed by atoms with E-state index in [2.05, 4.69) is 20.7 Å². The number of sulfonamides is 1. The Hall–Kier alpha value is -1.08. The first kappa shape index (κ1) is 16.3. The number of halogens is 2. The fraction of sp³-hybridized carbons (Fsp3) is 0.143. The van der Waals surface area contributed by atoms with Gasteiger partial charge in [-0.2, -0.15) is 0 Å². The molecule has 0 aliphatic heterocycles. The SMILES string of the molecule is Cc1ccc(S(=O)(=O)Nc2ccc(Br)cc2Cl)cc1CN. The van der Waals surface area contributed by atoms with Crippen molar-refractivity contribution in [1.82, 2.24) is 0 Å². The first-order valence-corrected chi connectivity index (χ1v) is 8.76. The van der Waals surface area contributed by atoms with Crippen molar-refractivity contribution >= 4 is 43.2 Å². The maximum Gasteiger partial charge on any atom is 0.261 e. The zero-order chi connectivity index (χ0) is 15.6. The van der Waals surface area contributed by atoms with Crippen LogP contribution in [0.2, 0.25) is 5.02 Å². The molecule has 0 atom stereocenters. The van der Waals surface area contributed by atoms with E-state index >= 15 is 0 Å². The maximum atomic E-state index is 12.4. The Kier molecular flexibility index (Phi) is 4.93. The summed E-state index contributed by atoms with van der Waals surface area (Å²) in [5.74, 6) is 0. The molecule has 0 bridgehead atoms. The van der Waals surface area contributed by atoms with E-state index in [1.807, 2.05) is 6.92 Å². The number of benzene rings is 2. The second-order valence-electron chi connectivity index (χ2n) is 4.52. The number of hydrogen-bond acceptors (Lipinski definition) is 3. The van der Waals surface area contributed by atoms with Gasteiger partial charge in [0, 0.05) is 11.0 Å². The fourth-order valence-corrected chi connectivity index (χ4v) is 3.72. The Morgan fingerprint density at radius 2 is 1.95 bits per heavy atom. The topological polar surface area (TPSA) is 72.2 Å². The Balaban J connectivity index is 2.38. The quantitative estimate of drug-likeness (QED) is 0.838. The van der Waals surface area contributed by atoms with Crippen molar-refractivity contribution in [3.05, 3.63) is 57.0 Å². The summed E-state index contributed by atoms with van der Waals surface area (Å²) in [5.41, 5.74) is 7.69. The first-order chi connectivity index (χ1) is 9.83. The van der Waals surface area contributed by atoms with Crippen LogP contribution in [-0.2, 0) is 16.6 Å². The van der Waals surface area contributed by atoms with Gasteiger partial charge < -0.3 is 5.73 Å². The van der Waals surface area contributed by atoms with E-state index in [0.29, 0.717) is 10.7 Å². The fourth-order valence-electron chi connectivity index (χ4n) is 1.81. The zero-order valence-electron chi connectivity index (χ0n) is 11.2. The third-order valence-electron chi connectivity index (χ3n) is 3.03. The minimum absolute atomic E-state index is 0.160. The van der Waals surface area contributed by atoms with Gasteiger partial charge >= 0.3 is 0 Å². The molecule has 4 nitrogen and oxygen atoms in total. The highest BCUT2D eigenvalue weighted by Gasteiger charge is 2.16. The van der Waals surface area contributed by atoms with Crippen molar-refractivity contribution in [2.45, 2.75) is 18.4 Å². The van der Waals surface area contributed by atoms with Gasteiger partial charge in [0.25, 0.3) is 10.0 Å². The van der Waals surface area contributed by atoms with E-state index in [1.165, 1.54) is 0 Å². The van der Waals surface area contributed by atoms with Crippen LogP contribution < -0.4 is 10.5 Å². The predicted molar refractivity (Wildman–Crippen MR) is 89.0 cm³/mol. The van der Waals surface area contributed by atoms with Crippen LogP contribution in [0, 0.1) is 6.92 Å². The summed E-state index contributed by atoms with van der Waals surface area (Å²) in [6.45, 7) is 2.17. The van der Waals surface area contributed by atoms with Crippen molar-refractivity contribution in [1.29, 1.82) is 0 Å². The molecule has 7 heteroatoms. The van der Waals surface area contributed by atoms with Gasteiger partial charge in [-0.15, -0.1) is 0 Å². The molecule has 112 valence electrons. The van der Waals surface area contributed by atoms with E-state index in [0.717, 1.165) is 15.6 Å². The Morgan fingerprint density at radius 3 is 2.57 bits per heavy atom. The number of anilines is 1. The molecule has 0 aliphatic carbocycles. The van der Waals surface area contributed by atoms with Crippen LogP contribution in [0.15, 0.2) is 45.8 Å². The average Bonchev–Trinajstić information content (AvgIpc) is 2.42. The third kappa shape index (κ3) is 3.77. The van der Waals surface area contributed by atoms with Gasteiger partial charge in [-0.05, 0) is 48.4 Å². The molecule has 0 fully saturated rings. The van der Waals surface area contributed by atoms with Gasteiger partial charge in [0.2, 0.25) is 0 Å². The van der Waals surface area contributed by atoms with Crippen LogP contribution in [0.4, 0.5) is 5.69 Å². The molecule has 0 unspecified atom stereocenters. The molecule has 0 saturated heterocycles. The lowest BCUT2D eigenvalue weighted by atomic mass is 10.1. The van der Waals surface area contributed by atoms with Gasteiger partial charge in [0.15, 0.2) is 0 Å². The molecule has 3 N–H and O–H groups in total. The molecule has 0 aliphatic rings. The zero-order valence-corrected chi connectivity index (χ0v) is 14.4. The molecule has 0 saturated carbocycles. The third-order valence-corrected chi connectivity index (χ3v) is 5.20. The summed E-state index contributed by atoms with van der Waals surface area (Å²) in [5, 5.41) is 0.319. The number of nitrogens with two attached hydrogens (primary N) is 1. The number of rotatable bonds is 4. The normalized spacial score (nSPS) is 11.4. The van der Waals surface area contributed by atoms with Gasteiger partial charge in [-0.3, -0.25) is 4.72 Å². The molecule has 0 amide bonds. The second-order valence-corrected chi connectivity index (χ2v) is 7.53. The Bertz CT molecular complexity index is 779. The van der Waals surface area contributed by atoms with E-state index in [1.54, 1.807) is 36.4 Å². The minimum atomic E-state index is -3.70. The Labute approximate surface area is 137 Å². The molecule has 0 radical (unpaired) electrons. The highest BCUT2D eigenvalue weighted by atomic mass is 79.9. The van der Waals surface area contributed by atoms with Crippen molar-refractivity contribution < 1.29 is 8.42 Å². The van der Waals surface area contributed by atoms with E-state index < -0.39 is 10.0 Å². The average molecular weight is 390 g/mol. The monoisotopic (exact) mass is 388 g/mol. The van der Waals surface area contributed by atoms with Gasteiger partial charge in [0.1, 0.15) is 0 Å². The van der Waals surface area contributed by atoms with E-state index in [9.17, 15) is 8.42 Å². The van der Waals surface area contributed by atoms with Crippen molar-refractivity contribution in [3.63, 3.8) is 0 Å². The molecule has 2 aromatic carbocycles. The van der Waals surface area contributed by atoms with Crippen molar-refractivity contribution in [2.24, 2.45) is 5.73 Å². The first-order valence-electron chi connectivity index (χ1n) is 6.11. The van der Waals surface area contributed by atoms with Crippen molar-refractivity contribution in [3.8, 4) is 0 Å². The summed E-state index contributed by atoms with van der Waals surface area (Å²) in [6.07, 6.45) is 0. The molecule has 0 aromatic heterocycles. The van der Waals surface area contributed by atoms with Crippen molar-refractivity contribution in [2.75, 3.05) is 4.72 Å². The van der Waals surface area contributed by atoms with Gasteiger partial charge in [0.05, 0.1) is 15.6 Å². The standard InChI is InChI=1S/C14H14BrClN2O2S/c1-9-2-4-12(6-10(9)8-17)21(19,20)18-14-5-3-11(15)7-13(14)16/h2-7,18H,8,17H2,1H3. The lowest BCUT2D eigenvalue weighted by molar-refractivity contribution is 0.601. The summed E-state index contributed by atoms with van der Waals surface area (Å²) >= 11 is 9.30. The highest BCUT2D eigenvalue weighted by molar-refractivity contribution is 9.10. The summed E-state index contributed by atoms with van der Waals surface area (Å²) in [4.78, 5) is 0.160. The molecular weight excluding hydrogens is 376 g/mol. The molecular formula is C14H14BrClN2O2S. The largest absolute Gasteiger partial charge is 0.326 e. The van der Waals surface area contributed by atoms with Crippen LogP contribution in [0.3, 0.4) is 0 Å². The molecule has 2 aromatic rings. The van der Waals surface area contributed by atoms with Crippen LogP contribution in [-0.4, -0.2) is 8.42 Å². The molecule has 0 spiro atoms. The molecule has 0 heterocycles. The van der Waals surface area contributed by atoms with Gasteiger partial charge in [-0.1, -0.05) is 33.6 Å². The maximum absolute atomic E-state index is 12.4. The van der Waals surface area contributed by atoms with Crippen LogP contribution >= 0.6 is 27.5 Å². The highest BCUT2D eigenvalue weighted by Crippen LogP contribution is 2.28. The van der Waals surface area contributed by atoms with E-state index in [-0.39, 0.29) is 11.4 Å². The second kappa shape index (κ2) is 6.36. The number of hydrogen-bond donors (Lipinski definition) is 2. The number of aryl methyl sites for hydroxylation is 1. The number of nitrogens with one attached hydrogen (secondary N) is 1. The smallest absolute Gasteiger partial charge is 0.261 e. The van der Waals surface area contributed by atoms with E-state index in [4.69, 9.17) is 17.3 Å². The van der Waals surface area contributed by atoms with Crippen LogP contribution in [0.25, 0.3) is 0 Å². The minimum Gasteiger partial charge on any atom is -0.326 e. The van der Waals surface area contributed by atoms with Crippen LogP contribution in [0.5, 0.6) is 0 Å². The van der Waals surface area contributed by atoms with Crippen LogP contribution in [0.1, 0.15) is 11.1 Å². The summed E-state index contributed by atoms with van der Waals surface area (Å²) in [7, 11) is -3.70. The predicted octanol–water partition coefficient (Wildman–Crippen LogP) is 3.67. The summed E-state index contributed by atoms with van der Waals surface area (Å²) < 4.78 is 28.0. The lowest BCUT2D eigenvalue weighted by Crippen LogP contribution is -2.14.